The van der Waals surface area contributed by atoms with Crippen LogP contribution in [-0.2, 0) is 0 Å². The Morgan fingerprint density at radius 1 is 1.24 bits per heavy atom. The van der Waals surface area contributed by atoms with Gasteiger partial charge >= 0.3 is 0 Å². The maximum atomic E-state index is 4.26. The molecule has 1 fully saturated rings. The van der Waals surface area contributed by atoms with Crippen molar-refractivity contribution >= 4 is 5.57 Å². The van der Waals surface area contributed by atoms with E-state index in [2.05, 4.69) is 51.3 Å². The molecular weight excluding hydrogens is 204 g/mol. The summed E-state index contributed by atoms with van der Waals surface area (Å²) in [6.45, 7) is 12.3. The fourth-order valence-corrected chi connectivity index (χ4v) is 2.12. The van der Waals surface area contributed by atoms with E-state index in [1.54, 1.807) is 0 Å². The highest BCUT2D eigenvalue weighted by Crippen LogP contribution is 2.43. The molecule has 0 saturated heterocycles. The van der Waals surface area contributed by atoms with Gasteiger partial charge in [-0.2, -0.15) is 0 Å². The molecule has 1 aromatic rings. The number of hydrogen-bond donors (Lipinski definition) is 0. The molecule has 0 radical (unpaired) electrons. The Morgan fingerprint density at radius 3 is 2.47 bits per heavy atom. The highest BCUT2D eigenvalue weighted by molar-refractivity contribution is 5.80. The van der Waals surface area contributed by atoms with E-state index < -0.39 is 0 Å². The highest BCUT2D eigenvalue weighted by atomic mass is 14.3. The number of allylic oxidation sites excluding steroid dienone is 4. The molecule has 2 rings (SSSR count). The van der Waals surface area contributed by atoms with Gasteiger partial charge in [0.2, 0.25) is 0 Å². The van der Waals surface area contributed by atoms with Crippen LogP contribution in [0.5, 0.6) is 0 Å². The van der Waals surface area contributed by atoms with Crippen molar-refractivity contribution in [3.8, 4) is 0 Å². The molecule has 0 heteroatoms. The standard InChI is InChI=1S/C17H20/c1-5-12(2)13(3)14(4)16-8-6-7-9-17(16)15-10-11-15/h5-9,15H,1,4,10-11H2,2-3H3/b13-12-. The molecule has 0 aliphatic heterocycles. The fourth-order valence-electron chi connectivity index (χ4n) is 2.12. The van der Waals surface area contributed by atoms with Gasteiger partial charge in [-0.25, -0.2) is 0 Å². The molecule has 0 spiro atoms. The summed E-state index contributed by atoms with van der Waals surface area (Å²) >= 11 is 0. The van der Waals surface area contributed by atoms with Crippen molar-refractivity contribution in [1.29, 1.82) is 0 Å². The summed E-state index contributed by atoms with van der Waals surface area (Å²) in [5.74, 6) is 0.764. The van der Waals surface area contributed by atoms with Gasteiger partial charge in [-0.1, -0.05) is 43.5 Å². The van der Waals surface area contributed by atoms with Crippen LogP contribution in [0, 0.1) is 0 Å². The van der Waals surface area contributed by atoms with Crippen LogP contribution in [0.3, 0.4) is 0 Å². The summed E-state index contributed by atoms with van der Waals surface area (Å²) in [6.07, 6.45) is 4.56. The third-order valence-electron chi connectivity index (χ3n) is 3.65. The van der Waals surface area contributed by atoms with Crippen LogP contribution in [0.25, 0.3) is 5.57 Å². The van der Waals surface area contributed by atoms with Crippen molar-refractivity contribution in [2.24, 2.45) is 0 Å². The van der Waals surface area contributed by atoms with E-state index in [0.717, 1.165) is 11.5 Å². The predicted molar refractivity (Wildman–Crippen MR) is 76.0 cm³/mol. The molecule has 0 bridgehead atoms. The molecule has 0 heterocycles. The van der Waals surface area contributed by atoms with Crippen LogP contribution >= 0.6 is 0 Å². The Bertz CT molecular complexity index is 485. The van der Waals surface area contributed by atoms with Crippen molar-refractivity contribution in [3.63, 3.8) is 0 Å². The summed E-state index contributed by atoms with van der Waals surface area (Å²) in [5.41, 5.74) is 6.38. The lowest BCUT2D eigenvalue weighted by molar-refractivity contribution is 1.12. The Labute approximate surface area is 104 Å². The predicted octanol–water partition coefficient (Wildman–Crippen LogP) is 5.10. The molecule has 0 aromatic heterocycles. The minimum atomic E-state index is 0.764. The van der Waals surface area contributed by atoms with Crippen molar-refractivity contribution in [1.82, 2.24) is 0 Å². The maximum absolute atomic E-state index is 4.26. The van der Waals surface area contributed by atoms with Crippen molar-refractivity contribution in [3.05, 3.63) is 65.8 Å². The lowest BCUT2D eigenvalue weighted by Crippen LogP contribution is -1.93. The average molecular weight is 224 g/mol. The van der Waals surface area contributed by atoms with Crippen LogP contribution in [0.1, 0.15) is 43.7 Å². The zero-order valence-electron chi connectivity index (χ0n) is 10.8. The van der Waals surface area contributed by atoms with E-state index in [1.165, 1.54) is 35.1 Å². The first-order valence-corrected chi connectivity index (χ1v) is 6.23. The zero-order valence-corrected chi connectivity index (χ0v) is 10.8. The SMILES string of the molecule is C=C/C(C)=C(/C)C(=C)c1ccccc1C1CC1. The van der Waals surface area contributed by atoms with Crippen LogP contribution in [0.15, 0.2) is 54.6 Å². The largest absolute Gasteiger partial charge is 0.0988 e. The molecule has 88 valence electrons. The molecule has 0 amide bonds. The molecule has 1 aliphatic carbocycles. The first kappa shape index (κ1) is 11.9. The summed E-state index contributed by atoms with van der Waals surface area (Å²) in [7, 11) is 0. The molecule has 1 aromatic carbocycles. The van der Waals surface area contributed by atoms with E-state index in [9.17, 15) is 0 Å². The number of hydrogen-bond acceptors (Lipinski definition) is 0. The van der Waals surface area contributed by atoms with Gasteiger partial charge in [0, 0.05) is 0 Å². The van der Waals surface area contributed by atoms with E-state index in [4.69, 9.17) is 0 Å². The lowest BCUT2D eigenvalue weighted by atomic mass is 9.91. The fraction of sp³-hybridized carbons (Fsp3) is 0.294. The maximum Gasteiger partial charge on any atom is -0.0152 e. The molecule has 1 aliphatic rings. The van der Waals surface area contributed by atoms with Crippen LogP contribution < -0.4 is 0 Å². The molecule has 0 N–H and O–H groups in total. The van der Waals surface area contributed by atoms with E-state index in [0.29, 0.717) is 0 Å². The third-order valence-corrected chi connectivity index (χ3v) is 3.65. The molecule has 17 heavy (non-hydrogen) atoms. The van der Waals surface area contributed by atoms with Gasteiger partial charge in [0.15, 0.2) is 0 Å². The number of rotatable bonds is 4. The van der Waals surface area contributed by atoms with Gasteiger partial charge in [-0.15, -0.1) is 0 Å². The van der Waals surface area contributed by atoms with Gasteiger partial charge in [0.05, 0.1) is 0 Å². The topological polar surface area (TPSA) is 0 Å². The van der Waals surface area contributed by atoms with Gasteiger partial charge in [-0.05, 0) is 60.5 Å². The summed E-state index contributed by atoms with van der Waals surface area (Å²) in [5, 5.41) is 0. The van der Waals surface area contributed by atoms with Gasteiger partial charge < -0.3 is 0 Å². The Hall–Kier alpha value is -1.56. The highest BCUT2D eigenvalue weighted by Gasteiger charge is 2.26. The van der Waals surface area contributed by atoms with E-state index >= 15 is 0 Å². The van der Waals surface area contributed by atoms with E-state index in [1.807, 2.05) is 6.08 Å². The smallest absolute Gasteiger partial charge is 0.0152 e. The summed E-state index contributed by atoms with van der Waals surface area (Å²) in [6, 6.07) is 8.66. The second-order valence-electron chi connectivity index (χ2n) is 4.85. The van der Waals surface area contributed by atoms with E-state index in [-0.39, 0.29) is 0 Å². The quantitative estimate of drug-likeness (QED) is 0.624. The molecule has 0 nitrogen and oxygen atoms in total. The Balaban J connectivity index is 2.40. The Morgan fingerprint density at radius 2 is 1.88 bits per heavy atom. The molecular formula is C17H20. The second-order valence-corrected chi connectivity index (χ2v) is 4.85. The normalized spacial score (nSPS) is 16.4. The van der Waals surface area contributed by atoms with Crippen molar-refractivity contribution in [2.45, 2.75) is 32.6 Å². The van der Waals surface area contributed by atoms with Crippen LogP contribution in [-0.4, -0.2) is 0 Å². The minimum absolute atomic E-state index is 0.764. The lowest BCUT2D eigenvalue weighted by Gasteiger charge is -2.13. The van der Waals surface area contributed by atoms with Crippen LogP contribution in [0.4, 0.5) is 0 Å². The molecule has 1 saturated carbocycles. The summed E-state index contributed by atoms with van der Waals surface area (Å²) in [4.78, 5) is 0. The first-order chi connectivity index (χ1) is 8.15. The van der Waals surface area contributed by atoms with Crippen molar-refractivity contribution < 1.29 is 0 Å². The average Bonchev–Trinajstić information content (AvgIpc) is 3.20. The van der Waals surface area contributed by atoms with Gasteiger partial charge in [0.25, 0.3) is 0 Å². The zero-order chi connectivity index (χ0) is 12.4. The second kappa shape index (κ2) is 4.75. The monoisotopic (exact) mass is 224 g/mol. The minimum Gasteiger partial charge on any atom is -0.0988 e. The third kappa shape index (κ3) is 2.41. The number of benzene rings is 1. The van der Waals surface area contributed by atoms with Crippen LogP contribution in [0.2, 0.25) is 0 Å². The molecule has 0 unspecified atom stereocenters. The van der Waals surface area contributed by atoms with Gasteiger partial charge in [0.1, 0.15) is 0 Å². The first-order valence-electron chi connectivity index (χ1n) is 6.23. The Kier molecular flexibility index (Phi) is 3.33. The summed E-state index contributed by atoms with van der Waals surface area (Å²) < 4.78 is 0. The van der Waals surface area contributed by atoms with Gasteiger partial charge in [-0.3, -0.25) is 0 Å². The molecule has 0 atom stereocenters. The van der Waals surface area contributed by atoms with Crippen molar-refractivity contribution in [2.75, 3.05) is 0 Å².